The average molecular weight is 322 g/mol. The second-order valence-corrected chi connectivity index (χ2v) is 5.72. The normalized spacial score (nSPS) is 21.8. The number of hydrogen-bond acceptors (Lipinski definition) is 6. The summed E-state index contributed by atoms with van der Waals surface area (Å²) in [5.41, 5.74) is 6.30. The Hall–Kier alpha value is -2.15. The Morgan fingerprint density at radius 1 is 1.45 bits per heavy atom. The molecule has 0 unspecified atom stereocenters. The Balaban J connectivity index is 1.79. The number of fused-ring (bicyclic) bond motifs is 1. The van der Waals surface area contributed by atoms with Crippen LogP contribution >= 0.6 is 11.6 Å². The molecule has 3 heterocycles. The first-order chi connectivity index (χ1) is 10.5. The Morgan fingerprint density at radius 2 is 2.27 bits per heavy atom. The number of amides is 1. The maximum atomic E-state index is 10.8. The third-order valence-corrected chi connectivity index (χ3v) is 3.97. The number of halogens is 1. The quantitative estimate of drug-likeness (QED) is 0.851. The second-order valence-electron chi connectivity index (χ2n) is 5.33. The van der Waals surface area contributed by atoms with Crippen LogP contribution in [0.25, 0.3) is 11.2 Å². The maximum Gasteiger partial charge on any atom is 0.404 e. The Labute approximate surface area is 132 Å². The fourth-order valence-corrected chi connectivity index (χ4v) is 2.89. The summed E-state index contributed by atoms with van der Waals surface area (Å²) in [5.74, 6) is 0.779. The van der Waals surface area contributed by atoms with Gasteiger partial charge in [-0.05, 0) is 19.1 Å². The monoisotopic (exact) mass is 321 g/mol. The van der Waals surface area contributed by atoms with Crippen molar-refractivity contribution in [2.24, 2.45) is 5.73 Å². The van der Waals surface area contributed by atoms with Crippen LogP contribution in [0.5, 0.6) is 0 Å². The first kappa shape index (κ1) is 14.8. The van der Waals surface area contributed by atoms with Crippen molar-refractivity contribution in [1.29, 1.82) is 0 Å². The van der Waals surface area contributed by atoms with Crippen molar-refractivity contribution < 1.29 is 9.53 Å². The number of hydrogen-bond donors (Lipinski definition) is 1. The highest BCUT2D eigenvalue weighted by molar-refractivity contribution is 6.29. The summed E-state index contributed by atoms with van der Waals surface area (Å²) in [5, 5.41) is 0.396. The Kier molecular flexibility index (Phi) is 3.98. The maximum absolute atomic E-state index is 10.8. The van der Waals surface area contributed by atoms with Gasteiger partial charge < -0.3 is 15.4 Å². The van der Waals surface area contributed by atoms with Crippen molar-refractivity contribution in [1.82, 2.24) is 15.0 Å². The van der Waals surface area contributed by atoms with E-state index in [-0.39, 0.29) is 12.1 Å². The standard InChI is InChI=1S/C14H16ClN5O2/c1-8-6-9(22-14(16)21)4-5-20(8)12-7-17-13-10(18-12)2-3-11(15)19-13/h2-3,7-9H,4-6H2,1H3,(H2,16,21)/t8-,9-/m1/s1. The van der Waals surface area contributed by atoms with E-state index in [0.29, 0.717) is 29.2 Å². The molecule has 3 rings (SSSR count). The highest BCUT2D eigenvalue weighted by Crippen LogP contribution is 2.25. The molecule has 2 atom stereocenters. The van der Waals surface area contributed by atoms with Gasteiger partial charge in [-0.1, -0.05) is 11.6 Å². The summed E-state index contributed by atoms with van der Waals surface area (Å²) in [6, 6.07) is 3.66. The first-order valence-corrected chi connectivity index (χ1v) is 7.43. The lowest BCUT2D eigenvalue weighted by molar-refractivity contribution is 0.0836. The highest BCUT2D eigenvalue weighted by Gasteiger charge is 2.28. The minimum Gasteiger partial charge on any atom is -0.446 e. The van der Waals surface area contributed by atoms with Gasteiger partial charge >= 0.3 is 6.09 Å². The molecule has 0 aliphatic carbocycles. The van der Waals surface area contributed by atoms with Crippen molar-refractivity contribution >= 4 is 34.7 Å². The lowest BCUT2D eigenvalue weighted by atomic mass is 10.0. The van der Waals surface area contributed by atoms with Crippen LogP contribution in [0.2, 0.25) is 5.15 Å². The van der Waals surface area contributed by atoms with Gasteiger partial charge in [0.2, 0.25) is 0 Å². The number of aromatic nitrogens is 3. The number of nitrogens with two attached hydrogens (primary N) is 1. The van der Waals surface area contributed by atoms with Gasteiger partial charge in [-0.15, -0.1) is 0 Å². The Bertz CT molecular complexity index is 711. The molecule has 1 fully saturated rings. The lowest BCUT2D eigenvalue weighted by Gasteiger charge is -2.37. The van der Waals surface area contributed by atoms with Gasteiger partial charge in [-0.2, -0.15) is 0 Å². The van der Waals surface area contributed by atoms with E-state index in [1.54, 1.807) is 18.3 Å². The molecule has 2 N–H and O–H groups in total. The second kappa shape index (κ2) is 5.92. The zero-order valence-corrected chi connectivity index (χ0v) is 12.8. The first-order valence-electron chi connectivity index (χ1n) is 7.05. The number of carbonyl (C=O) groups is 1. The van der Waals surface area contributed by atoms with Gasteiger partial charge in [0.1, 0.15) is 22.6 Å². The minimum absolute atomic E-state index is 0.141. The van der Waals surface area contributed by atoms with Gasteiger partial charge in [-0.3, -0.25) is 0 Å². The van der Waals surface area contributed by atoms with E-state index in [1.165, 1.54) is 0 Å². The summed E-state index contributed by atoms with van der Waals surface area (Å²) in [6.07, 6.45) is 2.25. The van der Waals surface area contributed by atoms with E-state index in [4.69, 9.17) is 22.1 Å². The Morgan fingerprint density at radius 3 is 3.00 bits per heavy atom. The van der Waals surface area contributed by atoms with Crippen molar-refractivity contribution in [2.75, 3.05) is 11.4 Å². The van der Waals surface area contributed by atoms with Crippen LogP contribution in [0.4, 0.5) is 10.6 Å². The number of pyridine rings is 1. The number of anilines is 1. The number of ether oxygens (including phenoxy) is 1. The van der Waals surface area contributed by atoms with Crippen LogP contribution < -0.4 is 10.6 Å². The molecule has 7 nitrogen and oxygen atoms in total. The topological polar surface area (TPSA) is 94.2 Å². The number of primary amides is 1. The molecule has 8 heteroatoms. The van der Waals surface area contributed by atoms with Crippen molar-refractivity contribution in [3.05, 3.63) is 23.5 Å². The molecule has 1 aliphatic heterocycles. The molecule has 0 bridgehead atoms. The molecule has 2 aromatic rings. The predicted molar refractivity (Wildman–Crippen MR) is 82.8 cm³/mol. The molecule has 116 valence electrons. The smallest absolute Gasteiger partial charge is 0.404 e. The van der Waals surface area contributed by atoms with Gasteiger partial charge in [-0.25, -0.2) is 19.7 Å². The average Bonchev–Trinajstić information content (AvgIpc) is 2.46. The summed E-state index contributed by atoms with van der Waals surface area (Å²) in [4.78, 5) is 26.0. The molecule has 0 saturated carbocycles. The fraction of sp³-hybridized carbons (Fsp3) is 0.429. The molecule has 22 heavy (non-hydrogen) atoms. The molecule has 1 saturated heterocycles. The zero-order valence-electron chi connectivity index (χ0n) is 12.1. The van der Waals surface area contributed by atoms with E-state index in [9.17, 15) is 4.79 Å². The third-order valence-electron chi connectivity index (χ3n) is 3.76. The SMILES string of the molecule is C[C@@H]1C[C@H](OC(N)=O)CCN1c1cnc2nc(Cl)ccc2n1. The van der Waals surface area contributed by atoms with Gasteiger partial charge in [0.05, 0.1) is 6.20 Å². The number of nitrogens with zero attached hydrogens (tertiary/aromatic N) is 4. The summed E-state index contributed by atoms with van der Waals surface area (Å²) in [7, 11) is 0. The van der Waals surface area contributed by atoms with Crippen LogP contribution in [0.3, 0.4) is 0 Å². The van der Waals surface area contributed by atoms with Crippen molar-refractivity contribution in [3.63, 3.8) is 0 Å². The van der Waals surface area contributed by atoms with E-state index in [0.717, 1.165) is 12.4 Å². The minimum atomic E-state index is -0.723. The number of piperidine rings is 1. The third kappa shape index (κ3) is 3.04. The molecule has 0 radical (unpaired) electrons. The number of rotatable bonds is 2. The van der Waals surface area contributed by atoms with E-state index in [2.05, 4.69) is 26.8 Å². The molecule has 0 spiro atoms. The van der Waals surface area contributed by atoms with Gasteiger partial charge in [0.25, 0.3) is 0 Å². The highest BCUT2D eigenvalue weighted by atomic mass is 35.5. The van der Waals surface area contributed by atoms with Gasteiger partial charge in [0.15, 0.2) is 5.65 Å². The zero-order chi connectivity index (χ0) is 15.7. The van der Waals surface area contributed by atoms with Gasteiger partial charge in [0, 0.05) is 25.4 Å². The van der Waals surface area contributed by atoms with E-state index < -0.39 is 6.09 Å². The molecule has 1 amide bonds. The van der Waals surface area contributed by atoms with Crippen LogP contribution in [0.1, 0.15) is 19.8 Å². The van der Waals surface area contributed by atoms with Crippen LogP contribution in [0.15, 0.2) is 18.3 Å². The van der Waals surface area contributed by atoms with Crippen molar-refractivity contribution in [3.8, 4) is 0 Å². The van der Waals surface area contributed by atoms with Crippen LogP contribution in [0, 0.1) is 0 Å². The molecular formula is C14H16ClN5O2. The predicted octanol–water partition coefficient (Wildman–Crippen LogP) is 2.13. The molecular weight excluding hydrogens is 306 g/mol. The lowest BCUT2D eigenvalue weighted by Crippen LogP contribution is -2.45. The summed E-state index contributed by atoms with van der Waals surface area (Å²) < 4.78 is 5.08. The van der Waals surface area contributed by atoms with Crippen molar-refractivity contribution in [2.45, 2.75) is 31.9 Å². The molecule has 1 aliphatic rings. The fourth-order valence-electron chi connectivity index (χ4n) is 2.75. The van der Waals surface area contributed by atoms with E-state index in [1.807, 2.05) is 0 Å². The summed E-state index contributed by atoms with van der Waals surface area (Å²) >= 11 is 5.85. The molecule has 2 aromatic heterocycles. The van der Waals surface area contributed by atoms with E-state index >= 15 is 0 Å². The largest absolute Gasteiger partial charge is 0.446 e. The number of carbonyl (C=O) groups excluding carboxylic acids is 1. The van der Waals surface area contributed by atoms with Crippen LogP contribution in [-0.2, 0) is 4.74 Å². The molecule has 0 aromatic carbocycles. The summed E-state index contributed by atoms with van der Waals surface area (Å²) in [6.45, 7) is 2.78. The van der Waals surface area contributed by atoms with Crippen LogP contribution in [-0.4, -0.2) is 39.7 Å².